The monoisotopic (exact) mass is 355 g/mol. The summed E-state index contributed by atoms with van der Waals surface area (Å²) in [7, 11) is 0. The molecule has 1 heterocycles. The lowest BCUT2D eigenvalue weighted by molar-refractivity contribution is -0.119. The van der Waals surface area contributed by atoms with Crippen LogP contribution in [0.4, 0.5) is 5.69 Å². The van der Waals surface area contributed by atoms with Crippen molar-refractivity contribution < 1.29 is 4.79 Å². The standard InChI is InChI=1S/C14H18BrN3OS/c15-10-1-2-11(14(17)20)12(8-10)18-5-3-9(4-6-18)7-13(16)19/h1-2,8-9H,3-7H2,(H2,16,19)(H2,17,20). The smallest absolute Gasteiger partial charge is 0.217 e. The van der Waals surface area contributed by atoms with Gasteiger partial charge in [-0.3, -0.25) is 4.79 Å². The molecule has 2 rings (SSSR count). The van der Waals surface area contributed by atoms with Crippen LogP contribution in [0.15, 0.2) is 22.7 Å². The summed E-state index contributed by atoms with van der Waals surface area (Å²) in [6.45, 7) is 1.79. The predicted octanol–water partition coefficient (Wildman–Crippen LogP) is 2.18. The molecule has 0 radical (unpaired) electrons. The highest BCUT2D eigenvalue weighted by molar-refractivity contribution is 9.10. The normalized spacial score (nSPS) is 16.1. The van der Waals surface area contributed by atoms with E-state index < -0.39 is 0 Å². The zero-order valence-corrected chi connectivity index (χ0v) is 13.5. The van der Waals surface area contributed by atoms with Crippen LogP contribution in [-0.4, -0.2) is 24.0 Å². The Balaban J connectivity index is 2.12. The number of halogens is 1. The molecule has 108 valence electrons. The zero-order valence-electron chi connectivity index (χ0n) is 11.1. The minimum atomic E-state index is -0.213. The summed E-state index contributed by atoms with van der Waals surface area (Å²) >= 11 is 8.60. The van der Waals surface area contributed by atoms with Crippen LogP contribution < -0.4 is 16.4 Å². The number of nitrogens with two attached hydrogens (primary N) is 2. The van der Waals surface area contributed by atoms with Crippen molar-refractivity contribution in [2.45, 2.75) is 19.3 Å². The van der Waals surface area contributed by atoms with E-state index >= 15 is 0 Å². The predicted molar refractivity (Wildman–Crippen MR) is 88.8 cm³/mol. The van der Waals surface area contributed by atoms with Gasteiger partial charge in [0.1, 0.15) is 4.99 Å². The molecule has 0 atom stereocenters. The topological polar surface area (TPSA) is 72.4 Å². The number of primary amides is 1. The summed E-state index contributed by atoms with van der Waals surface area (Å²) in [5, 5.41) is 0. The third kappa shape index (κ3) is 3.70. The van der Waals surface area contributed by atoms with Gasteiger partial charge in [0, 0.05) is 35.2 Å². The molecule has 0 aliphatic carbocycles. The van der Waals surface area contributed by atoms with Gasteiger partial charge in [-0.2, -0.15) is 0 Å². The van der Waals surface area contributed by atoms with Gasteiger partial charge < -0.3 is 16.4 Å². The number of carbonyl (C=O) groups is 1. The maximum atomic E-state index is 11.0. The average Bonchev–Trinajstić information content (AvgIpc) is 2.38. The fraction of sp³-hybridized carbons (Fsp3) is 0.429. The van der Waals surface area contributed by atoms with Crippen molar-refractivity contribution in [3.63, 3.8) is 0 Å². The number of anilines is 1. The number of amides is 1. The highest BCUT2D eigenvalue weighted by Gasteiger charge is 2.22. The lowest BCUT2D eigenvalue weighted by Gasteiger charge is -2.34. The lowest BCUT2D eigenvalue weighted by atomic mass is 9.92. The summed E-state index contributed by atoms with van der Waals surface area (Å²) in [5.74, 6) is 0.180. The van der Waals surface area contributed by atoms with Crippen molar-refractivity contribution >= 4 is 44.7 Å². The number of hydrogen-bond donors (Lipinski definition) is 2. The molecule has 0 bridgehead atoms. The number of thiocarbonyl (C=S) groups is 1. The Bertz CT molecular complexity index is 527. The first-order valence-electron chi connectivity index (χ1n) is 6.60. The molecule has 1 amide bonds. The molecule has 0 saturated carbocycles. The van der Waals surface area contributed by atoms with Crippen LogP contribution in [0.3, 0.4) is 0 Å². The fourth-order valence-corrected chi connectivity index (χ4v) is 3.16. The number of rotatable bonds is 4. The van der Waals surface area contributed by atoms with Crippen LogP contribution in [0.2, 0.25) is 0 Å². The van der Waals surface area contributed by atoms with Crippen molar-refractivity contribution in [2.24, 2.45) is 17.4 Å². The van der Waals surface area contributed by atoms with Gasteiger partial charge in [0.2, 0.25) is 5.91 Å². The van der Waals surface area contributed by atoms with Gasteiger partial charge in [-0.25, -0.2) is 0 Å². The van der Waals surface area contributed by atoms with Crippen LogP contribution >= 0.6 is 28.1 Å². The Labute approximate surface area is 132 Å². The molecular weight excluding hydrogens is 338 g/mol. The van der Waals surface area contributed by atoms with Crippen LogP contribution in [0.25, 0.3) is 0 Å². The highest BCUT2D eigenvalue weighted by Crippen LogP contribution is 2.30. The SMILES string of the molecule is NC(=O)CC1CCN(c2cc(Br)ccc2C(N)=S)CC1. The van der Waals surface area contributed by atoms with Gasteiger partial charge >= 0.3 is 0 Å². The van der Waals surface area contributed by atoms with E-state index in [1.165, 1.54) is 0 Å². The van der Waals surface area contributed by atoms with Crippen molar-refractivity contribution in [3.8, 4) is 0 Å². The maximum Gasteiger partial charge on any atom is 0.217 e. The first-order valence-corrected chi connectivity index (χ1v) is 7.80. The van der Waals surface area contributed by atoms with Gasteiger partial charge in [-0.05, 0) is 37.0 Å². The summed E-state index contributed by atoms with van der Waals surface area (Å²) in [6, 6.07) is 5.93. The van der Waals surface area contributed by atoms with E-state index in [2.05, 4.69) is 20.8 Å². The molecule has 1 saturated heterocycles. The Morgan fingerprint density at radius 3 is 2.55 bits per heavy atom. The van der Waals surface area contributed by atoms with E-state index in [4.69, 9.17) is 23.7 Å². The van der Waals surface area contributed by atoms with E-state index in [1.807, 2.05) is 18.2 Å². The van der Waals surface area contributed by atoms with Crippen LogP contribution in [0.1, 0.15) is 24.8 Å². The molecule has 1 fully saturated rings. The number of nitrogens with zero attached hydrogens (tertiary/aromatic N) is 1. The third-order valence-corrected chi connectivity index (χ3v) is 4.38. The molecule has 1 aliphatic heterocycles. The van der Waals surface area contributed by atoms with E-state index in [0.717, 1.165) is 41.7 Å². The molecule has 0 spiro atoms. The molecule has 0 aromatic heterocycles. The highest BCUT2D eigenvalue weighted by atomic mass is 79.9. The molecule has 1 aromatic rings. The molecule has 4 N–H and O–H groups in total. The first-order chi connectivity index (χ1) is 9.47. The van der Waals surface area contributed by atoms with Gasteiger partial charge in [0.15, 0.2) is 0 Å². The van der Waals surface area contributed by atoms with E-state index in [-0.39, 0.29) is 5.91 Å². The van der Waals surface area contributed by atoms with Crippen LogP contribution in [0, 0.1) is 5.92 Å². The van der Waals surface area contributed by atoms with Crippen molar-refractivity contribution in [1.29, 1.82) is 0 Å². The Kier molecular flexibility index (Phi) is 4.99. The number of piperidine rings is 1. The minimum Gasteiger partial charge on any atom is -0.389 e. The maximum absolute atomic E-state index is 11.0. The number of carbonyl (C=O) groups excluding carboxylic acids is 1. The van der Waals surface area contributed by atoms with Gasteiger partial charge in [0.25, 0.3) is 0 Å². The molecule has 1 aromatic carbocycles. The van der Waals surface area contributed by atoms with Crippen molar-refractivity contribution in [3.05, 3.63) is 28.2 Å². The lowest BCUT2D eigenvalue weighted by Crippen LogP contribution is -2.36. The van der Waals surface area contributed by atoms with Crippen molar-refractivity contribution in [2.75, 3.05) is 18.0 Å². The second kappa shape index (κ2) is 6.54. The summed E-state index contributed by atoms with van der Waals surface area (Å²) in [5.41, 5.74) is 13.0. The molecule has 4 nitrogen and oxygen atoms in total. The van der Waals surface area contributed by atoms with E-state index in [1.54, 1.807) is 0 Å². The third-order valence-electron chi connectivity index (χ3n) is 3.67. The molecular formula is C14H18BrN3OS. The Morgan fingerprint density at radius 2 is 2.00 bits per heavy atom. The quantitative estimate of drug-likeness (QED) is 0.811. The van der Waals surface area contributed by atoms with Gasteiger partial charge in [-0.1, -0.05) is 28.1 Å². The van der Waals surface area contributed by atoms with Crippen molar-refractivity contribution in [1.82, 2.24) is 0 Å². The second-order valence-corrected chi connectivity index (χ2v) is 6.48. The fourth-order valence-electron chi connectivity index (χ4n) is 2.64. The van der Waals surface area contributed by atoms with Crippen LogP contribution in [-0.2, 0) is 4.79 Å². The number of hydrogen-bond acceptors (Lipinski definition) is 3. The largest absolute Gasteiger partial charge is 0.389 e. The van der Waals surface area contributed by atoms with Crippen LogP contribution in [0.5, 0.6) is 0 Å². The van der Waals surface area contributed by atoms with Gasteiger partial charge in [0.05, 0.1) is 0 Å². The molecule has 1 aliphatic rings. The summed E-state index contributed by atoms with van der Waals surface area (Å²) < 4.78 is 1.01. The first kappa shape index (κ1) is 15.3. The number of benzene rings is 1. The average molecular weight is 356 g/mol. The zero-order chi connectivity index (χ0) is 14.7. The Morgan fingerprint density at radius 1 is 1.35 bits per heavy atom. The second-order valence-electron chi connectivity index (χ2n) is 5.13. The Hall–Kier alpha value is -1.14. The minimum absolute atomic E-state index is 0.213. The molecule has 0 unspecified atom stereocenters. The summed E-state index contributed by atoms with van der Waals surface area (Å²) in [6.07, 6.45) is 2.41. The van der Waals surface area contributed by atoms with Gasteiger partial charge in [-0.15, -0.1) is 0 Å². The molecule has 6 heteroatoms. The molecule has 20 heavy (non-hydrogen) atoms. The summed E-state index contributed by atoms with van der Waals surface area (Å²) in [4.78, 5) is 13.7. The van der Waals surface area contributed by atoms with E-state index in [9.17, 15) is 4.79 Å². The van der Waals surface area contributed by atoms with E-state index in [0.29, 0.717) is 17.3 Å².